The van der Waals surface area contributed by atoms with Crippen LogP contribution < -0.4 is 10.6 Å². The van der Waals surface area contributed by atoms with Crippen molar-refractivity contribution in [2.45, 2.75) is 19.0 Å². The van der Waals surface area contributed by atoms with Gasteiger partial charge in [0.1, 0.15) is 11.6 Å². The van der Waals surface area contributed by atoms with E-state index in [1.807, 2.05) is 17.5 Å². The number of thiophene rings is 1. The topological polar surface area (TPSA) is 41.1 Å². The first-order chi connectivity index (χ1) is 12.5. The van der Waals surface area contributed by atoms with Crippen molar-refractivity contribution in [1.82, 2.24) is 5.32 Å². The van der Waals surface area contributed by atoms with Crippen molar-refractivity contribution in [3.05, 3.63) is 88.1 Å². The highest BCUT2D eigenvalue weighted by atomic mass is 32.1. The van der Waals surface area contributed by atoms with Gasteiger partial charge in [-0.25, -0.2) is 8.78 Å². The van der Waals surface area contributed by atoms with Gasteiger partial charge in [0, 0.05) is 4.88 Å². The van der Waals surface area contributed by atoms with Gasteiger partial charge in [-0.3, -0.25) is 10.1 Å². The molecular formula is C20H18F2N2OS. The lowest BCUT2D eigenvalue weighted by molar-refractivity contribution is -0.117. The summed E-state index contributed by atoms with van der Waals surface area (Å²) in [5.74, 6) is -1.15. The van der Waals surface area contributed by atoms with Crippen molar-refractivity contribution in [3.63, 3.8) is 0 Å². The minimum absolute atomic E-state index is 0.139. The second kappa shape index (κ2) is 8.21. The van der Waals surface area contributed by atoms with Gasteiger partial charge in [0.05, 0.1) is 17.8 Å². The van der Waals surface area contributed by atoms with Crippen LogP contribution in [0.25, 0.3) is 0 Å². The molecule has 0 radical (unpaired) electrons. The Bertz CT molecular complexity index is 866. The van der Waals surface area contributed by atoms with Crippen molar-refractivity contribution in [2.75, 3.05) is 5.32 Å². The van der Waals surface area contributed by atoms with Gasteiger partial charge < -0.3 is 5.32 Å². The fourth-order valence-corrected chi connectivity index (χ4v) is 3.39. The number of para-hydroxylation sites is 1. The summed E-state index contributed by atoms with van der Waals surface area (Å²) in [5, 5.41) is 7.78. The van der Waals surface area contributed by atoms with Crippen LogP contribution in [0.15, 0.2) is 66.0 Å². The normalized spacial score (nSPS) is 13.2. The molecule has 0 aliphatic heterocycles. The van der Waals surface area contributed by atoms with E-state index < -0.39 is 11.9 Å². The molecule has 2 atom stereocenters. The van der Waals surface area contributed by atoms with Crippen LogP contribution in [0.5, 0.6) is 0 Å². The zero-order valence-corrected chi connectivity index (χ0v) is 14.9. The number of rotatable bonds is 6. The number of halogens is 2. The number of carbonyl (C=O) groups excluding carboxylic acids is 1. The maximum Gasteiger partial charge on any atom is 0.241 e. The molecule has 3 nitrogen and oxygen atoms in total. The Balaban J connectivity index is 1.77. The summed E-state index contributed by atoms with van der Waals surface area (Å²) in [6, 6.07) is 15.2. The third-order valence-corrected chi connectivity index (χ3v) is 4.91. The number of hydrogen-bond donors (Lipinski definition) is 2. The predicted octanol–water partition coefficient (Wildman–Crippen LogP) is 4.73. The molecule has 1 aromatic heterocycles. The molecule has 2 N–H and O–H groups in total. The van der Waals surface area contributed by atoms with Gasteiger partial charge in [0.15, 0.2) is 0 Å². The van der Waals surface area contributed by atoms with Gasteiger partial charge in [-0.15, -0.1) is 11.3 Å². The third-order valence-electron chi connectivity index (χ3n) is 3.97. The number of carbonyl (C=O) groups is 1. The van der Waals surface area contributed by atoms with Crippen LogP contribution in [0.2, 0.25) is 0 Å². The maximum atomic E-state index is 13.7. The van der Waals surface area contributed by atoms with E-state index in [4.69, 9.17) is 0 Å². The highest BCUT2D eigenvalue weighted by Gasteiger charge is 2.22. The molecule has 1 amide bonds. The molecule has 0 aliphatic carbocycles. The van der Waals surface area contributed by atoms with Crippen LogP contribution in [0.3, 0.4) is 0 Å². The van der Waals surface area contributed by atoms with Crippen LogP contribution in [-0.2, 0) is 4.79 Å². The smallest absolute Gasteiger partial charge is 0.241 e. The van der Waals surface area contributed by atoms with E-state index in [-0.39, 0.29) is 23.5 Å². The molecule has 0 saturated carbocycles. The number of anilines is 1. The van der Waals surface area contributed by atoms with Crippen molar-refractivity contribution < 1.29 is 13.6 Å². The number of amides is 1. The Kier molecular flexibility index (Phi) is 5.75. The number of nitrogens with one attached hydrogen (secondary N) is 2. The zero-order chi connectivity index (χ0) is 18.5. The van der Waals surface area contributed by atoms with E-state index in [1.165, 1.54) is 24.3 Å². The van der Waals surface area contributed by atoms with E-state index in [1.54, 1.807) is 42.5 Å². The SMILES string of the molecule is C[C@H](N[C@H](c1ccc(F)cc1)c1cccs1)C(=O)Nc1ccccc1F. The second-order valence-corrected chi connectivity index (χ2v) is 6.84. The summed E-state index contributed by atoms with van der Waals surface area (Å²) in [5.41, 5.74) is 0.986. The number of benzene rings is 2. The van der Waals surface area contributed by atoms with Crippen LogP contribution >= 0.6 is 11.3 Å². The number of hydrogen-bond acceptors (Lipinski definition) is 3. The molecule has 6 heteroatoms. The van der Waals surface area contributed by atoms with E-state index in [2.05, 4.69) is 10.6 Å². The first kappa shape index (κ1) is 18.2. The van der Waals surface area contributed by atoms with Gasteiger partial charge in [-0.2, -0.15) is 0 Å². The second-order valence-electron chi connectivity index (χ2n) is 5.86. The van der Waals surface area contributed by atoms with Crippen LogP contribution in [0.1, 0.15) is 23.4 Å². The molecule has 0 aliphatic rings. The summed E-state index contributed by atoms with van der Waals surface area (Å²) in [6.07, 6.45) is 0. The zero-order valence-electron chi connectivity index (χ0n) is 14.1. The van der Waals surface area contributed by atoms with E-state index in [9.17, 15) is 13.6 Å². The average Bonchev–Trinajstić information content (AvgIpc) is 3.16. The van der Waals surface area contributed by atoms with Gasteiger partial charge in [0.25, 0.3) is 0 Å². The van der Waals surface area contributed by atoms with Crippen LogP contribution in [-0.4, -0.2) is 11.9 Å². The van der Waals surface area contributed by atoms with Crippen molar-refractivity contribution >= 4 is 22.9 Å². The third kappa shape index (κ3) is 4.33. The molecule has 1 heterocycles. The fraction of sp³-hybridized carbons (Fsp3) is 0.150. The fourth-order valence-electron chi connectivity index (χ4n) is 2.58. The Labute approximate surface area is 154 Å². The molecule has 26 heavy (non-hydrogen) atoms. The summed E-state index contributed by atoms with van der Waals surface area (Å²) in [7, 11) is 0. The van der Waals surface area contributed by atoms with Crippen LogP contribution in [0.4, 0.5) is 14.5 Å². The highest BCUT2D eigenvalue weighted by Crippen LogP contribution is 2.27. The Morgan fingerprint density at radius 2 is 1.73 bits per heavy atom. The van der Waals surface area contributed by atoms with E-state index in [0.717, 1.165) is 10.4 Å². The molecule has 0 unspecified atom stereocenters. The minimum atomic E-state index is -0.591. The van der Waals surface area contributed by atoms with Gasteiger partial charge in [0.2, 0.25) is 5.91 Å². The molecule has 2 aromatic carbocycles. The minimum Gasteiger partial charge on any atom is -0.322 e. The monoisotopic (exact) mass is 372 g/mol. The first-order valence-corrected chi connectivity index (χ1v) is 9.03. The van der Waals surface area contributed by atoms with Crippen LogP contribution in [0, 0.1) is 11.6 Å². The Morgan fingerprint density at radius 1 is 1.00 bits per heavy atom. The molecule has 3 rings (SSSR count). The van der Waals surface area contributed by atoms with E-state index >= 15 is 0 Å². The highest BCUT2D eigenvalue weighted by molar-refractivity contribution is 7.10. The standard InChI is InChI=1S/C20H18F2N2OS/c1-13(20(25)24-17-6-3-2-5-16(17)22)23-19(18-7-4-12-26-18)14-8-10-15(21)11-9-14/h2-13,19,23H,1H3,(H,24,25)/t13-,19+/m0/s1. The first-order valence-electron chi connectivity index (χ1n) is 8.15. The predicted molar refractivity (Wildman–Crippen MR) is 100 cm³/mol. The van der Waals surface area contributed by atoms with Crippen molar-refractivity contribution in [1.29, 1.82) is 0 Å². The van der Waals surface area contributed by atoms with E-state index in [0.29, 0.717) is 0 Å². The lowest BCUT2D eigenvalue weighted by Gasteiger charge is -2.23. The molecule has 0 saturated heterocycles. The molecule has 0 bridgehead atoms. The average molecular weight is 372 g/mol. The molecule has 0 fully saturated rings. The lowest BCUT2D eigenvalue weighted by Crippen LogP contribution is -2.40. The molecule has 0 spiro atoms. The molecule has 3 aromatic rings. The van der Waals surface area contributed by atoms with Gasteiger partial charge >= 0.3 is 0 Å². The quantitative estimate of drug-likeness (QED) is 0.657. The van der Waals surface area contributed by atoms with Crippen molar-refractivity contribution in [3.8, 4) is 0 Å². The summed E-state index contributed by atoms with van der Waals surface area (Å²) < 4.78 is 27.0. The summed E-state index contributed by atoms with van der Waals surface area (Å²) in [6.45, 7) is 1.71. The van der Waals surface area contributed by atoms with Gasteiger partial charge in [-0.05, 0) is 48.2 Å². The molecule has 134 valence electrons. The van der Waals surface area contributed by atoms with Crippen molar-refractivity contribution in [2.24, 2.45) is 0 Å². The molecular weight excluding hydrogens is 354 g/mol. The Hall–Kier alpha value is -2.57. The summed E-state index contributed by atoms with van der Waals surface area (Å²) in [4.78, 5) is 13.5. The lowest BCUT2D eigenvalue weighted by atomic mass is 10.0. The Morgan fingerprint density at radius 3 is 2.38 bits per heavy atom. The van der Waals surface area contributed by atoms with Gasteiger partial charge in [-0.1, -0.05) is 30.3 Å². The largest absolute Gasteiger partial charge is 0.322 e. The summed E-state index contributed by atoms with van der Waals surface area (Å²) >= 11 is 1.54. The maximum absolute atomic E-state index is 13.7.